The Balaban J connectivity index is 1.67. The van der Waals surface area contributed by atoms with Crippen LogP contribution in [-0.4, -0.2) is 27.7 Å². The Morgan fingerprint density at radius 2 is 1.94 bits per heavy atom. The normalized spacial score (nSPS) is 26.8. The van der Waals surface area contributed by atoms with Gasteiger partial charge in [-0.15, -0.1) is 0 Å². The van der Waals surface area contributed by atoms with Crippen LogP contribution in [0.2, 0.25) is 0 Å². The monoisotopic (exact) mass is 425 g/mol. The first kappa shape index (κ1) is 20.7. The lowest BCUT2D eigenvalue weighted by Crippen LogP contribution is -2.52. The largest absolute Gasteiger partial charge is 0.396 e. The van der Waals surface area contributed by atoms with Crippen LogP contribution in [0.15, 0.2) is 54.6 Å². The zero-order chi connectivity index (χ0) is 22.3. The summed E-state index contributed by atoms with van der Waals surface area (Å²) >= 11 is 0. The molecule has 0 amide bonds. The molecule has 5 nitrogen and oxygen atoms in total. The van der Waals surface area contributed by atoms with Gasteiger partial charge in [-0.1, -0.05) is 61.5 Å². The van der Waals surface area contributed by atoms with Crippen LogP contribution >= 0.6 is 0 Å². The van der Waals surface area contributed by atoms with E-state index in [-0.39, 0.29) is 24.2 Å². The van der Waals surface area contributed by atoms with Crippen molar-refractivity contribution in [2.75, 3.05) is 6.61 Å². The Labute approximate surface area is 188 Å². The number of hydrogen-bond donors (Lipinski definition) is 2. The third-order valence-corrected chi connectivity index (χ3v) is 7.65. The van der Waals surface area contributed by atoms with Gasteiger partial charge in [0.25, 0.3) is 0 Å². The summed E-state index contributed by atoms with van der Waals surface area (Å²) < 4.78 is 0. The number of carbonyl (C=O) groups excluding carboxylic acids is 1. The first-order valence-corrected chi connectivity index (χ1v) is 11.4. The SMILES string of the molecule is C[C@@H]1C(=O)C(C#N)C[C@@]2(c3ccccc3)c3[nH]nc(-c4ccc(CCO)cc4)c3CCC12. The number of fused-ring (bicyclic) bond motifs is 3. The first-order chi connectivity index (χ1) is 15.6. The highest BCUT2D eigenvalue weighted by Gasteiger charge is 2.56. The summed E-state index contributed by atoms with van der Waals surface area (Å²) in [4.78, 5) is 12.9. The van der Waals surface area contributed by atoms with Crippen LogP contribution in [0.3, 0.4) is 0 Å². The second kappa shape index (κ2) is 8.03. The summed E-state index contributed by atoms with van der Waals surface area (Å²) in [6, 6.07) is 20.8. The Morgan fingerprint density at radius 3 is 2.62 bits per heavy atom. The van der Waals surface area contributed by atoms with Crippen molar-refractivity contribution in [1.82, 2.24) is 10.2 Å². The average Bonchev–Trinajstić information content (AvgIpc) is 3.27. The number of hydrogen-bond acceptors (Lipinski definition) is 4. The molecule has 32 heavy (non-hydrogen) atoms. The van der Waals surface area contributed by atoms with Crippen molar-refractivity contribution in [3.8, 4) is 17.3 Å². The van der Waals surface area contributed by atoms with Crippen LogP contribution in [0.1, 0.15) is 42.1 Å². The second-order valence-electron chi connectivity index (χ2n) is 9.16. The van der Waals surface area contributed by atoms with Gasteiger partial charge >= 0.3 is 0 Å². The molecular formula is C27H27N3O2. The summed E-state index contributed by atoms with van der Waals surface area (Å²) in [7, 11) is 0. The number of nitrogens with zero attached hydrogens (tertiary/aromatic N) is 2. The van der Waals surface area contributed by atoms with Gasteiger partial charge in [0, 0.05) is 34.8 Å². The lowest BCUT2D eigenvalue weighted by Gasteiger charge is -2.50. The van der Waals surface area contributed by atoms with Crippen molar-refractivity contribution in [1.29, 1.82) is 5.26 Å². The Bertz CT molecular complexity index is 1180. The van der Waals surface area contributed by atoms with Crippen molar-refractivity contribution in [2.24, 2.45) is 17.8 Å². The Hall–Kier alpha value is -3.23. The van der Waals surface area contributed by atoms with Crippen LogP contribution < -0.4 is 0 Å². The molecule has 1 saturated carbocycles. The zero-order valence-electron chi connectivity index (χ0n) is 18.2. The topological polar surface area (TPSA) is 89.8 Å². The molecule has 5 rings (SSSR count). The summed E-state index contributed by atoms with van der Waals surface area (Å²) in [6.07, 6.45) is 2.88. The van der Waals surface area contributed by atoms with Crippen LogP contribution in [-0.2, 0) is 23.1 Å². The number of aromatic amines is 1. The van der Waals surface area contributed by atoms with E-state index in [9.17, 15) is 15.2 Å². The third kappa shape index (κ3) is 3.02. The first-order valence-electron chi connectivity index (χ1n) is 11.4. The maximum Gasteiger partial charge on any atom is 0.153 e. The predicted molar refractivity (Wildman–Crippen MR) is 122 cm³/mol. The van der Waals surface area contributed by atoms with E-state index in [1.807, 2.05) is 37.3 Å². The molecule has 2 aliphatic carbocycles. The minimum atomic E-state index is -0.614. The zero-order valence-corrected chi connectivity index (χ0v) is 18.2. The number of carbonyl (C=O) groups is 1. The molecular weight excluding hydrogens is 398 g/mol. The van der Waals surface area contributed by atoms with Gasteiger partial charge in [-0.2, -0.15) is 10.4 Å². The van der Waals surface area contributed by atoms with E-state index >= 15 is 0 Å². The maximum atomic E-state index is 12.9. The van der Waals surface area contributed by atoms with E-state index < -0.39 is 11.3 Å². The molecule has 4 atom stereocenters. The fourth-order valence-electron chi connectivity index (χ4n) is 6.10. The fraction of sp³-hybridized carbons (Fsp3) is 0.370. The van der Waals surface area contributed by atoms with Crippen LogP contribution in [0.4, 0.5) is 0 Å². The number of benzene rings is 2. The number of aliphatic hydroxyl groups excluding tert-OH is 1. The van der Waals surface area contributed by atoms with E-state index in [2.05, 4.69) is 35.4 Å². The van der Waals surface area contributed by atoms with Crippen molar-refractivity contribution >= 4 is 5.78 Å². The number of aromatic nitrogens is 2. The van der Waals surface area contributed by atoms with Gasteiger partial charge < -0.3 is 5.11 Å². The fourth-order valence-corrected chi connectivity index (χ4v) is 6.10. The molecule has 0 aliphatic heterocycles. The Kier molecular flexibility index (Phi) is 5.19. The predicted octanol–water partition coefficient (Wildman–Crippen LogP) is 4.21. The molecule has 5 heteroatoms. The van der Waals surface area contributed by atoms with E-state index in [0.29, 0.717) is 12.8 Å². The van der Waals surface area contributed by atoms with E-state index in [1.54, 1.807) is 0 Å². The van der Waals surface area contributed by atoms with Crippen molar-refractivity contribution in [3.63, 3.8) is 0 Å². The summed E-state index contributed by atoms with van der Waals surface area (Å²) in [5, 5.41) is 27.1. The highest BCUT2D eigenvalue weighted by Crippen LogP contribution is 2.56. The average molecular weight is 426 g/mol. The molecule has 0 saturated heterocycles. The van der Waals surface area contributed by atoms with Crippen molar-refractivity contribution in [3.05, 3.63) is 77.0 Å². The molecule has 0 radical (unpaired) electrons. The molecule has 2 aromatic carbocycles. The van der Waals surface area contributed by atoms with E-state index in [1.165, 1.54) is 5.56 Å². The van der Waals surface area contributed by atoms with Crippen LogP contribution in [0.5, 0.6) is 0 Å². The molecule has 3 aromatic rings. The molecule has 0 bridgehead atoms. The van der Waals surface area contributed by atoms with Gasteiger partial charge in [0.2, 0.25) is 0 Å². The molecule has 1 heterocycles. The van der Waals surface area contributed by atoms with Gasteiger partial charge in [0.1, 0.15) is 5.92 Å². The molecule has 2 N–H and O–H groups in total. The summed E-state index contributed by atoms with van der Waals surface area (Å²) in [6.45, 7) is 2.13. The molecule has 1 aromatic heterocycles. The molecule has 162 valence electrons. The highest BCUT2D eigenvalue weighted by atomic mass is 16.3. The number of nitriles is 1. The number of ketones is 1. The lowest BCUT2D eigenvalue weighted by atomic mass is 9.51. The third-order valence-electron chi connectivity index (χ3n) is 7.65. The molecule has 1 fully saturated rings. The van der Waals surface area contributed by atoms with Gasteiger partial charge in [0.05, 0.1) is 11.8 Å². The number of aliphatic hydroxyl groups is 1. The van der Waals surface area contributed by atoms with Crippen LogP contribution in [0, 0.1) is 29.1 Å². The maximum absolute atomic E-state index is 12.9. The van der Waals surface area contributed by atoms with E-state index in [0.717, 1.165) is 40.9 Å². The standard InChI is InChI=1S/C27H27N3O2/c1-17-23-12-11-22-24(19-9-7-18(8-10-19)13-14-31)29-30-26(22)27(23,15-20(16-28)25(17)32)21-5-3-2-4-6-21/h2-10,17,20,23,31H,11-15H2,1H3,(H,29,30)/t17-,20?,23?,27-/m0/s1. The molecule has 2 aliphatic rings. The van der Waals surface area contributed by atoms with E-state index in [4.69, 9.17) is 5.10 Å². The second-order valence-corrected chi connectivity index (χ2v) is 9.16. The minimum absolute atomic E-state index is 0.0757. The number of Topliss-reactive ketones (excluding diaryl/α,β-unsaturated/α-hetero) is 1. The summed E-state index contributed by atoms with van der Waals surface area (Å²) in [5.74, 6) is -0.579. The number of rotatable bonds is 4. The molecule has 2 unspecified atom stereocenters. The number of nitrogens with one attached hydrogen (secondary N) is 1. The number of H-pyrrole nitrogens is 1. The quantitative estimate of drug-likeness (QED) is 0.655. The Morgan fingerprint density at radius 1 is 1.19 bits per heavy atom. The smallest absolute Gasteiger partial charge is 0.153 e. The molecule has 0 spiro atoms. The lowest BCUT2D eigenvalue weighted by molar-refractivity contribution is -0.131. The van der Waals surface area contributed by atoms with Crippen LogP contribution in [0.25, 0.3) is 11.3 Å². The van der Waals surface area contributed by atoms with Gasteiger partial charge in [-0.25, -0.2) is 0 Å². The van der Waals surface area contributed by atoms with Crippen molar-refractivity contribution in [2.45, 2.75) is 38.0 Å². The van der Waals surface area contributed by atoms with Crippen molar-refractivity contribution < 1.29 is 9.90 Å². The van der Waals surface area contributed by atoms with Gasteiger partial charge in [0.15, 0.2) is 5.78 Å². The highest BCUT2D eigenvalue weighted by molar-refractivity contribution is 5.87. The minimum Gasteiger partial charge on any atom is -0.396 e. The van der Waals surface area contributed by atoms with Gasteiger partial charge in [-0.3, -0.25) is 9.89 Å². The summed E-state index contributed by atoms with van der Waals surface area (Å²) in [5.41, 5.74) is 6.07. The van der Waals surface area contributed by atoms with Gasteiger partial charge in [-0.05, 0) is 42.7 Å².